The number of nitrogens with one attached hydrogen (secondary N) is 1. The van der Waals surface area contributed by atoms with Crippen molar-refractivity contribution in [2.75, 3.05) is 13.1 Å². The summed E-state index contributed by atoms with van der Waals surface area (Å²) >= 11 is 0. The van der Waals surface area contributed by atoms with Crippen LogP contribution in [0.4, 0.5) is 0 Å². The SMILES string of the molecule is Cn1ncc2c(=O)[nH]c(CN3CC[C@H]4CCCC[C@H]4C3)nc21. The van der Waals surface area contributed by atoms with E-state index in [9.17, 15) is 4.79 Å². The van der Waals surface area contributed by atoms with Crippen LogP contribution in [0.3, 0.4) is 0 Å². The van der Waals surface area contributed by atoms with E-state index < -0.39 is 0 Å². The van der Waals surface area contributed by atoms with E-state index in [0.29, 0.717) is 11.0 Å². The van der Waals surface area contributed by atoms with Crippen molar-refractivity contribution in [3.05, 3.63) is 22.4 Å². The van der Waals surface area contributed by atoms with Gasteiger partial charge in [0.05, 0.1) is 12.7 Å². The van der Waals surface area contributed by atoms with Gasteiger partial charge in [0.1, 0.15) is 11.2 Å². The third-order valence-corrected chi connectivity index (χ3v) is 5.40. The fourth-order valence-electron chi connectivity index (χ4n) is 4.18. The van der Waals surface area contributed by atoms with Gasteiger partial charge in [0.15, 0.2) is 5.65 Å². The lowest BCUT2D eigenvalue weighted by Crippen LogP contribution is -2.41. The second-order valence-corrected chi connectivity index (χ2v) is 6.85. The van der Waals surface area contributed by atoms with Crippen molar-refractivity contribution in [1.82, 2.24) is 24.6 Å². The molecule has 1 saturated carbocycles. The van der Waals surface area contributed by atoms with Crippen molar-refractivity contribution in [1.29, 1.82) is 0 Å². The maximum Gasteiger partial charge on any atom is 0.262 e. The van der Waals surface area contributed by atoms with Crippen LogP contribution in [-0.2, 0) is 13.6 Å². The van der Waals surface area contributed by atoms with Crippen LogP contribution < -0.4 is 5.56 Å². The Bertz CT molecular complexity index is 734. The molecule has 2 aliphatic rings. The molecular weight excluding hydrogens is 278 g/mol. The summed E-state index contributed by atoms with van der Waals surface area (Å²) in [5, 5.41) is 4.69. The summed E-state index contributed by atoms with van der Waals surface area (Å²) in [6.07, 6.45) is 8.44. The molecule has 118 valence electrons. The van der Waals surface area contributed by atoms with Crippen molar-refractivity contribution in [3.63, 3.8) is 0 Å². The predicted octanol–water partition coefficient (Wildman–Crippen LogP) is 1.67. The van der Waals surface area contributed by atoms with Crippen molar-refractivity contribution in [2.45, 2.75) is 38.6 Å². The summed E-state index contributed by atoms with van der Waals surface area (Å²) in [7, 11) is 1.83. The summed E-state index contributed by atoms with van der Waals surface area (Å²) < 4.78 is 1.67. The predicted molar refractivity (Wildman–Crippen MR) is 84.5 cm³/mol. The van der Waals surface area contributed by atoms with E-state index in [1.807, 2.05) is 7.05 Å². The number of H-pyrrole nitrogens is 1. The quantitative estimate of drug-likeness (QED) is 0.916. The van der Waals surface area contributed by atoms with Crippen LogP contribution in [0.25, 0.3) is 11.0 Å². The Labute approximate surface area is 129 Å². The van der Waals surface area contributed by atoms with Gasteiger partial charge in [-0.25, -0.2) is 4.98 Å². The average Bonchev–Trinajstić information content (AvgIpc) is 2.89. The van der Waals surface area contributed by atoms with Crippen LogP contribution in [0, 0.1) is 11.8 Å². The van der Waals surface area contributed by atoms with Crippen molar-refractivity contribution in [3.8, 4) is 0 Å². The molecule has 1 saturated heterocycles. The molecule has 4 rings (SSSR count). The summed E-state index contributed by atoms with van der Waals surface area (Å²) in [6.45, 7) is 3.01. The first kappa shape index (κ1) is 13.9. The lowest BCUT2D eigenvalue weighted by molar-refractivity contribution is 0.0803. The number of aromatic amines is 1. The zero-order chi connectivity index (χ0) is 15.1. The maximum atomic E-state index is 12.1. The highest BCUT2D eigenvalue weighted by molar-refractivity contribution is 5.72. The minimum Gasteiger partial charge on any atom is -0.309 e. The molecule has 3 heterocycles. The standard InChI is InChI=1S/C16H23N5O/c1-20-15-13(8-17-20)16(22)19-14(18-15)10-21-7-6-11-4-2-3-5-12(11)9-21/h8,11-12H,2-7,9-10H2,1H3,(H,18,19,22)/t11-,12+/m1/s1. The molecule has 2 aromatic heterocycles. The molecule has 6 heteroatoms. The molecule has 1 aliphatic heterocycles. The number of piperidine rings is 1. The number of fused-ring (bicyclic) bond motifs is 2. The molecule has 1 aliphatic carbocycles. The molecular formula is C16H23N5O. The number of aryl methyl sites for hydroxylation is 1. The Morgan fingerprint density at radius 3 is 2.95 bits per heavy atom. The molecule has 2 aromatic rings. The van der Waals surface area contributed by atoms with E-state index in [1.165, 1.54) is 32.1 Å². The average molecular weight is 301 g/mol. The highest BCUT2D eigenvalue weighted by Crippen LogP contribution is 2.36. The van der Waals surface area contributed by atoms with Gasteiger partial charge < -0.3 is 4.98 Å². The number of hydrogen-bond donors (Lipinski definition) is 1. The zero-order valence-corrected chi connectivity index (χ0v) is 13.1. The molecule has 0 unspecified atom stereocenters. The molecule has 0 amide bonds. The van der Waals surface area contributed by atoms with Crippen molar-refractivity contribution < 1.29 is 0 Å². The smallest absolute Gasteiger partial charge is 0.262 e. The Kier molecular flexibility index (Phi) is 3.48. The molecule has 0 radical (unpaired) electrons. The largest absolute Gasteiger partial charge is 0.309 e. The molecule has 0 aromatic carbocycles. The summed E-state index contributed by atoms with van der Waals surface area (Å²) in [5.41, 5.74) is 0.590. The van der Waals surface area contributed by atoms with Gasteiger partial charge in [-0.1, -0.05) is 19.3 Å². The molecule has 22 heavy (non-hydrogen) atoms. The summed E-state index contributed by atoms with van der Waals surface area (Å²) in [6, 6.07) is 0. The van der Waals surface area contributed by atoms with Crippen molar-refractivity contribution in [2.24, 2.45) is 18.9 Å². The number of hydrogen-bond acceptors (Lipinski definition) is 4. The van der Waals surface area contributed by atoms with Crippen LogP contribution in [0.15, 0.2) is 11.0 Å². The number of aromatic nitrogens is 4. The fraction of sp³-hybridized carbons (Fsp3) is 0.688. The number of nitrogens with zero attached hydrogens (tertiary/aromatic N) is 4. The highest BCUT2D eigenvalue weighted by atomic mass is 16.1. The van der Waals surface area contributed by atoms with Gasteiger partial charge in [0.2, 0.25) is 0 Å². The van der Waals surface area contributed by atoms with Gasteiger partial charge in [0.25, 0.3) is 5.56 Å². The van der Waals surface area contributed by atoms with Crippen LogP contribution in [0.2, 0.25) is 0 Å². The van der Waals surface area contributed by atoms with E-state index in [0.717, 1.165) is 37.3 Å². The molecule has 6 nitrogen and oxygen atoms in total. The van der Waals surface area contributed by atoms with Gasteiger partial charge in [-0.15, -0.1) is 0 Å². The van der Waals surface area contributed by atoms with E-state index in [4.69, 9.17) is 0 Å². The van der Waals surface area contributed by atoms with E-state index in [-0.39, 0.29) is 5.56 Å². The topological polar surface area (TPSA) is 66.8 Å². The van der Waals surface area contributed by atoms with Crippen LogP contribution in [-0.4, -0.2) is 37.7 Å². The third-order valence-electron chi connectivity index (χ3n) is 5.40. The molecule has 2 fully saturated rings. The van der Waals surface area contributed by atoms with Gasteiger partial charge in [0, 0.05) is 13.6 Å². The minimum absolute atomic E-state index is 0.0827. The Balaban J connectivity index is 1.53. The monoisotopic (exact) mass is 301 g/mol. The normalized spacial score (nSPS) is 26.2. The van der Waals surface area contributed by atoms with Crippen LogP contribution >= 0.6 is 0 Å². The van der Waals surface area contributed by atoms with Gasteiger partial charge in [-0.2, -0.15) is 5.10 Å². The molecule has 0 bridgehead atoms. The number of rotatable bonds is 2. The first-order chi connectivity index (χ1) is 10.7. The second kappa shape index (κ2) is 5.50. The number of likely N-dealkylation sites (tertiary alicyclic amines) is 1. The highest BCUT2D eigenvalue weighted by Gasteiger charge is 2.31. The van der Waals surface area contributed by atoms with E-state index >= 15 is 0 Å². The van der Waals surface area contributed by atoms with E-state index in [2.05, 4.69) is 20.0 Å². The molecule has 2 atom stereocenters. The van der Waals surface area contributed by atoms with Gasteiger partial charge >= 0.3 is 0 Å². The molecule has 1 N–H and O–H groups in total. The second-order valence-electron chi connectivity index (χ2n) is 6.85. The zero-order valence-electron chi connectivity index (χ0n) is 13.1. The summed E-state index contributed by atoms with van der Waals surface area (Å²) in [5.74, 6) is 2.53. The van der Waals surface area contributed by atoms with Crippen LogP contribution in [0.5, 0.6) is 0 Å². The van der Waals surface area contributed by atoms with Crippen LogP contribution in [0.1, 0.15) is 37.9 Å². The first-order valence-corrected chi connectivity index (χ1v) is 8.34. The van der Waals surface area contributed by atoms with Gasteiger partial charge in [-0.3, -0.25) is 14.4 Å². The van der Waals surface area contributed by atoms with Gasteiger partial charge in [-0.05, 0) is 31.2 Å². The Morgan fingerprint density at radius 2 is 2.09 bits per heavy atom. The first-order valence-electron chi connectivity index (χ1n) is 8.34. The molecule has 0 spiro atoms. The summed E-state index contributed by atoms with van der Waals surface area (Å²) in [4.78, 5) is 22.1. The Morgan fingerprint density at radius 1 is 1.27 bits per heavy atom. The minimum atomic E-state index is -0.0827. The lowest BCUT2D eigenvalue weighted by atomic mass is 9.75. The van der Waals surface area contributed by atoms with Crippen molar-refractivity contribution >= 4 is 11.0 Å². The maximum absolute atomic E-state index is 12.1. The van der Waals surface area contributed by atoms with E-state index in [1.54, 1.807) is 10.9 Å². The third kappa shape index (κ3) is 2.45. The fourth-order valence-corrected chi connectivity index (χ4v) is 4.18. The lowest BCUT2D eigenvalue weighted by Gasteiger charge is -2.41. The Hall–Kier alpha value is -1.69.